The van der Waals surface area contributed by atoms with Crippen molar-refractivity contribution in [3.63, 3.8) is 0 Å². The van der Waals surface area contributed by atoms with E-state index in [1.807, 2.05) is 6.92 Å². The third-order valence-corrected chi connectivity index (χ3v) is 4.89. The number of benzene rings is 1. The lowest BCUT2D eigenvalue weighted by Gasteiger charge is -2.08. The Kier molecular flexibility index (Phi) is 8.88. The van der Waals surface area contributed by atoms with Crippen LogP contribution in [-0.4, -0.2) is 45.9 Å². The summed E-state index contributed by atoms with van der Waals surface area (Å²) >= 11 is 1.09. The van der Waals surface area contributed by atoms with Gasteiger partial charge in [0.05, 0.1) is 17.9 Å². The smallest absolute Gasteiger partial charge is 0.338 e. The summed E-state index contributed by atoms with van der Waals surface area (Å²) in [6, 6.07) is 6.54. The highest BCUT2D eigenvalue weighted by Crippen LogP contribution is 2.16. The van der Waals surface area contributed by atoms with E-state index in [0.717, 1.165) is 24.6 Å². The van der Waals surface area contributed by atoms with E-state index in [1.165, 1.54) is 0 Å². The average molecular weight is 420 g/mol. The summed E-state index contributed by atoms with van der Waals surface area (Å²) in [5.74, 6) is -0.692. The largest absolute Gasteiger partial charge is 0.462 e. The van der Waals surface area contributed by atoms with E-state index in [9.17, 15) is 14.4 Å². The highest BCUT2D eigenvalue weighted by Gasteiger charge is 2.12. The molecule has 0 spiro atoms. The van der Waals surface area contributed by atoms with Gasteiger partial charge in [0, 0.05) is 30.0 Å². The number of hydrogen-bond acceptors (Lipinski definition) is 7. The summed E-state index contributed by atoms with van der Waals surface area (Å²) in [7, 11) is 0. The molecule has 1 aromatic carbocycles. The van der Waals surface area contributed by atoms with E-state index in [0.29, 0.717) is 34.3 Å². The van der Waals surface area contributed by atoms with Crippen molar-refractivity contribution in [3.8, 4) is 0 Å². The molecule has 8 nitrogen and oxygen atoms in total. The van der Waals surface area contributed by atoms with E-state index in [4.69, 9.17) is 9.84 Å². The van der Waals surface area contributed by atoms with Gasteiger partial charge in [0.25, 0.3) is 5.56 Å². The first-order valence-corrected chi connectivity index (χ1v) is 10.3. The molecule has 0 aliphatic carbocycles. The van der Waals surface area contributed by atoms with Crippen molar-refractivity contribution in [1.29, 1.82) is 0 Å². The first kappa shape index (κ1) is 22.6. The molecule has 2 aromatic rings. The SMILES string of the molecule is CCCCOC(=O)c1cccc(NC(=O)CSc2nc(C)c(CCO)c(=O)[nH]2)c1. The molecule has 0 unspecified atom stereocenters. The predicted octanol–water partition coefficient (Wildman–Crippen LogP) is 2.30. The fourth-order valence-corrected chi connectivity index (χ4v) is 3.21. The minimum absolute atomic E-state index is 0.0346. The first-order chi connectivity index (χ1) is 13.9. The molecule has 0 saturated heterocycles. The number of nitrogens with zero attached hydrogens (tertiary/aromatic N) is 1. The van der Waals surface area contributed by atoms with Crippen LogP contribution in [-0.2, 0) is 16.0 Å². The van der Waals surface area contributed by atoms with E-state index >= 15 is 0 Å². The number of amides is 1. The number of H-pyrrole nitrogens is 1. The monoisotopic (exact) mass is 419 g/mol. The van der Waals surface area contributed by atoms with E-state index in [1.54, 1.807) is 31.2 Å². The zero-order chi connectivity index (χ0) is 21.2. The Balaban J connectivity index is 1.93. The number of carbonyl (C=O) groups excluding carboxylic acids is 2. The Morgan fingerprint density at radius 3 is 2.83 bits per heavy atom. The molecule has 0 aliphatic heterocycles. The molecule has 0 aliphatic rings. The molecule has 1 heterocycles. The Hall–Kier alpha value is -2.65. The summed E-state index contributed by atoms with van der Waals surface area (Å²) in [5, 5.41) is 12.0. The Morgan fingerprint density at radius 2 is 2.14 bits per heavy atom. The van der Waals surface area contributed by atoms with Gasteiger partial charge in [-0.25, -0.2) is 9.78 Å². The average Bonchev–Trinajstić information content (AvgIpc) is 2.69. The number of aliphatic hydroxyl groups is 1. The summed E-state index contributed by atoms with van der Waals surface area (Å²) < 4.78 is 5.17. The van der Waals surface area contributed by atoms with Crippen LogP contribution in [0.5, 0.6) is 0 Å². The van der Waals surface area contributed by atoms with Gasteiger partial charge in [-0.2, -0.15) is 0 Å². The standard InChI is InChI=1S/C20H25N3O5S/c1-3-4-10-28-19(27)14-6-5-7-15(11-14)22-17(25)12-29-20-21-13(2)16(8-9-24)18(26)23-20/h5-7,11,24H,3-4,8-10,12H2,1-2H3,(H,22,25)(H,21,23,26). The molecule has 0 fully saturated rings. The second-order valence-electron chi connectivity index (χ2n) is 6.32. The molecule has 0 radical (unpaired) electrons. The maximum atomic E-state index is 12.2. The topological polar surface area (TPSA) is 121 Å². The van der Waals surface area contributed by atoms with Crippen LogP contribution in [0, 0.1) is 6.92 Å². The zero-order valence-corrected chi connectivity index (χ0v) is 17.3. The Bertz CT molecular complexity index is 913. The number of aliphatic hydroxyl groups excluding tert-OH is 1. The maximum Gasteiger partial charge on any atom is 0.338 e. The summed E-state index contributed by atoms with van der Waals surface area (Å²) in [5.41, 5.74) is 1.50. The number of aryl methyl sites for hydroxylation is 1. The van der Waals surface area contributed by atoms with Gasteiger partial charge in [-0.3, -0.25) is 9.59 Å². The molecule has 0 atom stereocenters. The minimum atomic E-state index is -0.427. The van der Waals surface area contributed by atoms with Crippen LogP contribution in [0.25, 0.3) is 0 Å². The highest BCUT2D eigenvalue weighted by molar-refractivity contribution is 7.99. The Labute approximate surface area is 173 Å². The number of hydrogen-bond donors (Lipinski definition) is 3. The van der Waals surface area contributed by atoms with Crippen LogP contribution in [0.3, 0.4) is 0 Å². The van der Waals surface area contributed by atoms with Crippen molar-refractivity contribution >= 4 is 29.3 Å². The molecular weight excluding hydrogens is 394 g/mol. The fraction of sp³-hybridized carbons (Fsp3) is 0.400. The number of anilines is 1. The number of carbonyl (C=O) groups is 2. The van der Waals surface area contributed by atoms with Crippen LogP contribution in [0.1, 0.15) is 41.4 Å². The summed E-state index contributed by atoms with van der Waals surface area (Å²) in [6.07, 6.45) is 1.97. The lowest BCUT2D eigenvalue weighted by atomic mass is 10.2. The van der Waals surface area contributed by atoms with Crippen molar-refractivity contribution in [2.24, 2.45) is 0 Å². The number of esters is 1. The molecule has 9 heteroatoms. The number of nitrogens with one attached hydrogen (secondary N) is 2. The van der Waals surface area contributed by atoms with E-state index < -0.39 is 5.97 Å². The third kappa shape index (κ3) is 7.03. The highest BCUT2D eigenvalue weighted by atomic mass is 32.2. The van der Waals surface area contributed by atoms with Gasteiger partial charge < -0.3 is 20.1 Å². The molecule has 2 rings (SSSR count). The quantitative estimate of drug-likeness (QED) is 0.234. The van der Waals surface area contributed by atoms with E-state index in [-0.39, 0.29) is 30.2 Å². The lowest BCUT2D eigenvalue weighted by molar-refractivity contribution is -0.113. The van der Waals surface area contributed by atoms with Crippen molar-refractivity contribution in [2.45, 2.75) is 38.3 Å². The number of rotatable bonds is 10. The summed E-state index contributed by atoms with van der Waals surface area (Å²) in [6.45, 7) is 3.93. The second kappa shape index (κ2) is 11.4. The molecule has 1 amide bonds. The van der Waals surface area contributed by atoms with Gasteiger partial charge >= 0.3 is 5.97 Å². The van der Waals surface area contributed by atoms with Crippen molar-refractivity contribution < 1.29 is 19.4 Å². The number of ether oxygens (including phenoxy) is 1. The van der Waals surface area contributed by atoms with Crippen molar-refractivity contribution in [3.05, 3.63) is 51.4 Å². The molecule has 1 aromatic heterocycles. The molecule has 3 N–H and O–H groups in total. The van der Waals surface area contributed by atoms with Crippen LogP contribution < -0.4 is 10.9 Å². The number of aromatic nitrogens is 2. The van der Waals surface area contributed by atoms with Gasteiger partial charge in [0.2, 0.25) is 5.91 Å². The normalized spacial score (nSPS) is 10.6. The van der Waals surface area contributed by atoms with Crippen LogP contribution in [0.4, 0.5) is 5.69 Å². The predicted molar refractivity (Wildman–Crippen MR) is 111 cm³/mol. The lowest BCUT2D eigenvalue weighted by Crippen LogP contribution is -2.19. The minimum Gasteiger partial charge on any atom is -0.462 e. The van der Waals surface area contributed by atoms with Gasteiger partial charge in [-0.05, 0) is 31.5 Å². The van der Waals surface area contributed by atoms with Gasteiger partial charge in [-0.1, -0.05) is 31.2 Å². The second-order valence-corrected chi connectivity index (χ2v) is 7.28. The number of unbranched alkanes of at least 4 members (excludes halogenated alkanes) is 1. The van der Waals surface area contributed by atoms with Crippen LogP contribution >= 0.6 is 11.8 Å². The molecular formula is C20H25N3O5S. The van der Waals surface area contributed by atoms with Crippen molar-refractivity contribution in [1.82, 2.24) is 9.97 Å². The molecule has 29 heavy (non-hydrogen) atoms. The molecule has 0 saturated carbocycles. The van der Waals surface area contributed by atoms with Crippen molar-refractivity contribution in [2.75, 3.05) is 24.3 Å². The maximum absolute atomic E-state index is 12.2. The summed E-state index contributed by atoms with van der Waals surface area (Å²) in [4.78, 5) is 43.1. The van der Waals surface area contributed by atoms with Crippen LogP contribution in [0.2, 0.25) is 0 Å². The van der Waals surface area contributed by atoms with Crippen LogP contribution in [0.15, 0.2) is 34.2 Å². The molecule has 156 valence electrons. The zero-order valence-electron chi connectivity index (χ0n) is 16.5. The number of aromatic amines is 1. The van der Waals surface area contributed by atoms with Gasteiger partial charge in [-0.15, -0.1) is 0 Å². The number of thioether (sulfide) groups is 1. The molecule has 0 bridgehead atoms. The van der Waals surface area contributed by atoms with E-state index in [2.05, 4.69) is 15.3 Å². The third-order valence-electron chi connectivity index (χ3n) is 4.02. The van der Waals surface area contributed by atoms with Gasteiger partial charge in [0.15, 0.2) is 5.16 Å². The Morgan fingerprint density at radius 1 is 1.34 bits per heavy atom. The van der Waals surface area contributed by atoms with Gasteiger partial charge in [0.1, 0.15) is 0 Å². The first-order valence-electron chi connectivity index (χ1n) is 9.35. The fourth-order valence-electron chi connectivity index (χ4n) is 2.51.